The van der Waals surface area contributed by atoms with E-state index < -0.39 is 0 Å². The van der Waals surface area contributed by atoms with Gasteiger partial charge in [-0.2, -0.15) is 4.98 Å². The van der Waals surface area contributed by atoms with E-state index in [4.69, 9.17) is 16.0 Å². The number of benzene rings is 2. The van der Waals surface area contributed by atoms with Crippen LogP contribution >= 0.6 is 11.6 Å². The Morgan fingerprint density at radius 2 is 1.92 bits per heavy atom. The van der Waals surface area contributed by atoms with Crippen molar-refractivity contribution in [3.8, 4) is 11.5 Å². The Labute approximate surface area is 154 Å². The number of nitrogens with zero attached hydrogens (tertiary/aromatic N) is 2. The molecule has 0 fully saturated rings. The lowest BCUT2D eigenvalue weighted by molar-refractivity contribution is 0.102. The highest BCUT2D eigenvalue weighted by molar-refractivity contribution is 6.34. The number of hydrogen-bond donors (Lipinski definition) is 1. The van der Waals surface area contributed by atoms with Crippen LogP contribution in [0.1, 0.15) is 15.9 Å². The van der Waals surface area contributed by atoms with Crippen molar-refractivity contribution in [1.82, 2.24) is 9.97 Å². The topological polar surface area (TPSA) is 68.0 Å². The standard InChI is InChI=1S/C20H14ClN3O2/c1-12-4-9-15(16(21)11-12)19(25)23-14-7-5-13(6-8-14)20-24-18-17(26-20)3-2-10-22-18/h2-11H,1H3,(H,23,25). The summed E-state index contributed by atoms with van der Waals surface area (Å²) in [5.41, 5.74) is 4.09. The molecule has 0 aliphatic heterocycles. The normalized spacial score (nSPS) is 10.8. The van der Waals surface area contributed by atoms with Gasteiger partial charge in [0, 0.05) is 17.4 Å². The second-order valence-corrected chi connectivity index (χ2v) is 6.27. The number of carbonyl (C=O) groups is 1. The van der Waals surface area contributed by atoms with Gasteiger partial charge >= 0.3 is 0 Å². The first-order chi connectivity index (χ1) is 12.6. The average molecular weight is 364 g/mol. The van der Waals surface area contributed by atoms with Gasteiger partial charge in [0.1, 0.15) is 0 Å². The SMILES string of the molecule is Cc1ccc(C(=O)Nc2ccc(-c3nc4ncccc4o3)cc2)c(Cl)c1. The zero-order chi connectivity index (χ0) is 18.1. The zero-order valence-electron chi connectivity index (χ0n) is 13.9. The minimum absolute atomic E-state index is 0.256. The van der Waals surface area contributed by atoms with Crippen LogP contribution in [0.15, 0.2) is 65.2 Å². The lowest BCUT2D eigenvalue weighted by Gasteiger charge is -2.07. The van der Waals surface area contributed by atoms with E-state index in [0.29, 0.717) is 33.4 Å². The summed E-state index contributed by atoms with van der Waals surface area (Å²) in [5, 5.41) is 3.27. The molecule has 0 atom stereocenters. The molecule has 1 N–H and O–H groups in total. The number of hydrogen-bond acceptors (Lipinski definition) is 4. The molecule has 0 aliphatic carbocycles. The maximum atomic E-state index is 12.4. The van der Waals surface area contributed by atoms with Crippen LogP contribution in [-0.4, -0.2) is 15.9 Å². The molecular weight excluding hydrogens is 350 g/mol. The Morgan fingerprint density at radius 3 is 2.65 bits per heavy atom. The zero-order valence-corrected chi connectivity index (χ0v) is 14.6. The van der Waals surface area contributed by atoms with E-state index in [1.807, 2.05) is 31.2 Å². The average Bonchev–Trinajstić information content (AvgIpc) is 3.06. The van der Waals surface area contributed by atoms with Crippen molar-refractivity contribution in [1.29, 1.82) is 0 Å². The van der Waals surface area contributed by atoms with Gasteiger partial charge in [-0.05, 0) is 61.0 Å². The van der Waals surface area contributed by atoms with E-state index in [2.05, 4.69) is 15.3 Å². The van der Waals surface area contributed by atoms with Crippen LogP contribution in [0.3, 0.4) is 0 Å². The second-order valence-electron chi connectivity index (χ2n) is 5.86. The van der Waals surface area contributed by atoms with Crippen LogP contribution in [0.25, 0.3) is 22.7 Å². The van der Waals surface area contributed by atoms with E-state index in [0.717, 1.165) is 11.1 Å². The van der Waals surface area contributed by atoms with E-state index in [1.165, 1.54) is 0 Å². The maximum absolute atomic E-state index is 12.4. The van der Waals surface area contributed by atoms with Crippen molar-refractivity contribution in [3.63, 3.8) is 0 Å². The van der Waals surface area contributed by atoms with E-state index in [9.17, 15) is 4.79 Å². The summed E-state index contributed by atoms with van der Waals surface area (Å²) in [6, 6.07) is 16.2. The molecule has 0 bridgehead atoms. The van der Waals surface area contributed by atoms with Crippen LogP contribution < -0.4 is 5.32 Å². The molecule has 0 saturated carbocycles. The molecule has 128 valence electrons. The lowest BCUT2D eigenvalue weighted by Crippen LogP contribution is -2.12. The van der Waals surface area contributed by atoms with Crippen LogP contribution in [0.5, 0.6) is 0 Å². The van der Waals surface area contributed by atoms with Crippen LogP contribution in [0.4, 0.5) is 5.69 Å². The third kappa shape index (κ3) is 3.17. The number of amides is 1. The number of oxazole rings is 1. The Balaban J connectivity index is 1.55. The number of nitrogens with one attached hydrogen (secondary N) is 1. The summed E-state index contributed by atoms with van der Waals surface area (Å²) >= 11 is 6.15. The summed E-state index contributed by atoms with van der Waals surface area (Å²) in [5.74, 6) is 0.229. The van der Waals surface area contributed by atoms with Gasteiger partial charge in [-0.3, -0.25) is 4.79 Å². The smallest absolute Gasteiger partial charge is 0.257 e. The number of rotatable bonds is 3. The quantitative estimate of drug-likeness (QED) is 0.549. The van der Waals surface area contributed by atoms with Crippen molar-refractivity contribution >= 4 is 34.4 Å². The second kappa shape index (κ2) is 6.61. The van der Waals surface area contributed by atoms with Gasteiger partial charge in [0.25, 0.3) is 5.91 Å². The number of fused-ring (bicyclic) bond motifs is 1. The maximum Gasteiger partial charge on any atom is 0.257 e. The van der Waals surface area contributed by atoms with Gasteiger partial charge in [0.2, 0.25) is 5.89 Å². The number of pyridine rings is 1. The summed E-state index contributed by atoms with van der Waals surface area (Å²) in [6.07, 6.45) is 1.67. The fourth-order valence-corrected chi connectivity index (χ4v) is 2.91. The minimum Gasteiger partial charge on any atom is -0.434 e. The predicted molar refractivity (Wildman–Crippen MR) is 101 cm³/mol. The first-order valence-corrected chi connectivity index (χ1v) is 8.37. The molecule has 4 aromatic rings. The molecule has 2 aromatic carbocycles. The van der Waals surface area contributed by atoms with Gasteiger partial charge < -0.3 is 9.73 Å². The molecule has 2 heterocycles. The van der Waals surface area contributed by atoms with Crippen LogP contribution in [0, 0.1) is 6.92 Å². The molecule has 0 aliphatic rings. The first kappa shape index (κ1) is 16.3. The van der Waals surface area contributed by atoms with Gasteiger partial charge in [-0.25, -0.2) is 4.98 Å². The van der Waals surface area contributed by atoms with Crippen LogP contribution in [-0.2, 0) is 0 Å². The number of aryl methyl sites for hydroxylation is 1. The van der Waals surface area contributed by atoms with Gasteiger partial charge in [0.05, 0.1) is 10.6 Å². The first-order valence-electron chi connectivity index (χ1n) is 8.00. The van der Waals surface area contributed by atoms with E-state index >= 15 is 0 Å². The molecule has 0 unspecified atom stereocenters. The fourth-order valence-electron chi connectivity index (χ4n) is 2.59. The van der Waals surface area contributed by atoms with Crippen LogP contribution in [0.2, 0.25) is 5.02 Å². The molecule has 6 heteroatoms. The minimum atomic E-state index is -0.256. The molecule has 0 saturated heterocycles. The largest absolute Gasteiger partial charge is 0.434 e. The number of halogens is 1. The molecule has 26 heavy (non-hydrogen) atoms. The van der Waals surface area contributed by atoms with E-state index in [-0.39, 0.29) is 5.91 Å². The third-order valence-electron chi connectivity index (χ3n) is 3.92. The molecule has 1 amide bonds. The molecular formula is C20H14ClN3O2. The highest BCUT2D eigenvalue weighted by Gasteiger charge is 2.12. The predicted octanol–water partition coefficient (Wildman–Crippen LogP) is 5.10. The monoisotopic (exact) mass is 363 g/mol. The summed E-state index contributed by atoms with van der Waals surface area (Å²) in [6.45, 7) is 1.92. The molecule has 2 aromatic heterocycles. The van der Waals surface area contributed by atoms with Crippen molar-refractivity contribution in [2.75, 3.05) is 5.32 Å². The Hall–Kier alpha value is -3.18. The van der Waals surface area contributed by atoms with Crippen molar-refractivity contribution in [2.24, 2.45) is 0 Å². The van der Waals surface area contributed by atoms with Crippen molar-refractivity contribution < 1.29 is 9.21 Å². The fraction of sp³-hybridized carbons (Fsp3) is 0.0500. The highest BCUT2D eigenvalue weighted by atomic mass is 35.5. The lowest BCUT2D eigenvalue weighted by atomic mass is 10.1. The Kier molecular flexibility index (Phi) is 4.14. The number of aromatic nitrogens is 2. The molecule has 5 nitrogen and oxygen atoms in total. The number of anilines is 1. The highest BCUT2D eigenvalue weighted by Crippen LogP contribution is 2.25. The number of carbonyl (C=O) groups excluding carboxylic acids is 1. The Morgan fingerprint density at radius 1 is 1.12 bits per heavy atom. The van der Waals surface area contributed by atoms with Crippen molar-refractivity contribution in [3.05, 3.63) is 76.9 Å². The molecule has 0 radical (unpaired) electrons. The van der Waals surface area contributed by atoms with Gasteiger partial charge in [-0.15, -0.1) is 0 Å². The third-order valence-corrected chi connectivity index (χ3v) is 4.24. The molecule has 0 spiro atoms. The van der Waals surface area contributed by atoms with Gasteiger partial charge in [-0.1, -0.05) is 17.7 Å². The summed E-state index contributed by atoms with van der Waals surface area (Å²) < 4.78 is 5.69. The Bertz CT molecular complexity index is 1070. The van der Waals surface area contributed by atoms with E-state index in [1.54, 1.807) is 36.5 Å². The van der Waals surface area contributed by atoms with Crippen molar-refractivity contribution in [2.45, 2.75) is 6.92 Å². The summed E-state index contributed by atoms with van der Waals surface area (Å²) in [7, 11) is 0. The summed E-state index contributed by atoms with van der Waals surface area (Å²) in [4.78, 5) is 20.9. The van der Waals surface area contributed by atoms with Gasteiger partial charge in [0.15, 0.2) is 11.2 Å². The molecule has 4 rings (SSSR count).